The fourth-order valence-corrected chi connectivity index (χ4v) is 0.726. The van der Waals surface area contributed by atoms with Gasteiger partial charge in [-0.2, -0.15) is 0 Å². The average Bonchev–Trinajstić information content (AvgIpc) is 1.96. The van der Waals surface area contributed by atoms with Crippen molar-refractivity contribution in [2.24, 2.45) is 16.6 Å². The van der Waals surface area contributed by atoms with Crippen molar-refractivity contribution in [3.8, 4) is 0 Å². The van der Waals surface area contributed by atoms with Gasteiger partial charge in [-0.15, -0.1) is 4.91 Å². The van der Waals surface area contributed by atoms with Gasteiger partial charge < -0.3 is 11.5 Å². The number of allylic oxidation sites excluding steroid dienone is 1. The molecule has 0 fully saturated rings. The zero-order chi connectivity index (χ0) is 7.61. The lowest BCUT2D eigenvalue weighted by Gasteiger charge is -2.17. The van der Waals surface area contributed by atoms with Gasteiger partial charge in [0.2, 0.25) is 0 Å². The Morgan fingerprint density at radius 1 is 1.70 bits per heavy atom. The molecule has 0 aliphatic heterocycles. The third kappa shape index (κ3) is 1.22. The van der Waals surface area contributed by atoms with E-state index in [2.05, 4.69) is 5.18 Å². The highest BCUT2D eigenvalue weighted by Gasteiger charge is 2.22. The van der Waals surface area contributed by atoms with Crippen LogP contribution in [0.15, 0.2) is 29.1 Å². The summed E-state index contributed by atoms with van der Waals surface area (Å²) in [4.78, 5) is 10.1. The van der Waals surface area contributed by atoms with E-state index < -0.39 is 5.66 Å². The molecule has 1 aliphatic carbocycles. The van der Waals surface area contributed by atoms with E-state index in [1.54, 1.807) is 12.2 Å². The van der Waals surface area contributed by atoms with Crippen molar-refractivity contribution in [1.82, 2.24) is 0 Å². The molecular formula is C6H9N3O. The van der Waals surface area contributed by atoms with Gasteiger partial charge >= 0.3 is 0 Å². The van der Waals surface area contributed by atoms with Gasteiger partial charge in [0.1, 0.15) is 0 Å². The minimum Gasteiger partial charge on any atom is -0.399 e. The Labute approximate surface area is 58.6 Å². The van der Waals surface area contributed by atoms with Crippen LogP contribution in [0.1, 0.15) is 6.42 Å². The fraction of sp³-hybridized carbons (Fsp3) is 0.333. The molecule has 0 radical (unpaired) electrons. The zero-order valence-electron chi connectivity index (χ0n) is 5.45. The SMILES string of the molecule is NC1=CCC(N)(N=O)C=C1. The molecule has 0 aromatic carbocycles. The molecule has 0 saturated heterocycles. The summed E-state index contributed by atoms with van der Waals surface area (Å²) in [5.41, 5.74) is 10.4. The van der Waals surface area contributed by atoms with E-state index in [-0.39, 0.29) is 0 Å². The van der Waals surface area contributed by atoms with Crippen molar-refractivity contribution in [2.75, 3.05) is 0 Å². The van der Waals surface area contributed by atoms with Gasteiger partial charge in [-0.05, 0) is 17.3 Å². The predicted molar refractivity (Wildman–Crippen MR) is 38.7 cm³/mol. The number of nitrogens with zero attached hydrogens (tertiary/aromatic N) is 1. The molecule has 54 valence electrons. The molecule has 0 bridgehead atoms. The van der Waals surface area contributed by atoms with E-state index >= 15 is 0 Å². The van der Waals surface area contributed by atoms with Gasteiger partial charge in [-0.25, -0.2) is 0 Å². The van der Waals surface area contributed by atoms with E-state index in [9.17, 15) is 4.91 Å². The van der Waals surface area contributed by atoms with E-state index in [0.29, 0.717) is 12.1 Å². The molecule has 1 rings (SSSR count). The van der Waals surface area contributed by atoms with Gasteiger partial charge in [0.15, 0.2) is 5.66 Å². The van der Waals surface area contributed by atoms with Crippen molar-refractivity contribution in [2.45, 2.75) is 12.1 Å². The summed E-state index contributed by atoms with van der Waals surface area (Å²) in [7, 11) is 0. The lowest BCUT2D eigenvalue weighted by molar-refractivity contribution is 0.552. The highest BCUT2D eigenvalue weighted by atomic mass is 16.3. The Bertz CT molecular complexity index is 209. The highest BCUT2D eigenvalue weighted by Crippen LogP contribution is 2.16. The molecule has 0 heterocycles. The Morgan fingerprint density at radius 3 is 2.80 bits per heavy atom. The van der Waals surface area contributed by atoms with Crippen LogP contribution in [0.25, 0.3) is 0 Å². The first-order valence-electron chi connectivity index (χ1n) is 2.94. The second-order valence-electron chi connectivity index (χ2n) is 2.32. The van der Waals surface area contributed by atoms with Gasteiger partial charge in [-0.3, -0.25) is 0 Å². The molecule has 0 aromatic heterocycles. The standard InChI is InChI=1S/C6H9N3O/c7-5-1-3-6(8,9-10)4-2-5/h1-3H,4,7-8H2. The van der Waals surface area contributed by atoms with Gasteiger partial charge in [0, 0.05) is 12.1 Å². The third-order valence-electron chi connectivity index (χ3n) is 1.40. The van der Waals surface area contributed by atoms with Gasteiger partial charge in [0.05, 0.1) is 0 Å². The zero-order valence-corrected chi connectivity index (χ0v) is 5.45. The molecule has 1 atom stereocenters. The molecule has 4 N–H and O–H groups in total. The Balaban J connectivity index is 2.76. The van der Waals surface area contributed by atoms with Crippen LogP contribution in [0.5, 0.6) is 0 Å². The molecular weight excluding hydrogens is 130 g/mol. The second-order valence-corrected chi connectivity index (χ2v) is 2.32. The summed E-state index contributed by atoms with van der Waals surface area (Å²) >= 11 is 0. The van der Waals surface area contributed by atoms with Crippen LogP contribution in [-0.4, -0.2) is 5.66 Å². The summed E-state index contributed by atoms with van der Waals surface area (Å²) in [6.07, 6.45) is 5.17. The largest absolute Gasteiger partial charge is 0.399 e. The Kier molecular flexibility index (Phi) is 1.55. The fourth-order valence-electron chi connectivity index (χ4n) is 0.726. The lowest BCUT2D eigenvalue weighted by atomic mass is 10.0. The molecule has 0 saturated carbocycles. The predicted octanol–water partition coefficient (Wildman–Crippen LogP) is 0.210. The minimum atomic E-state index is -1.07. The molecule has 4 heteroatoms. The van der Waals surface area contributed by atoms with Gasteiger partial charge in [0.25, 0.3) is 0 Å². The van der Waals surface area contributed by atoms with Crippen LogP contribution < -0.4 is 11.5 Å². The maximum Gasteiger partial charge on any atom is 0.173 e. The van der Waals surface area contributed by atoms with Crippen molar-refractivity contribution < 1.29 is 0 Å². The summed E-state index contributed by atoms with van der Waals surface area (Å²) in [6, 6.07) is 0. The van der Waals surface area contributed by atoms with Gasteiger partial charge in [-0.1, -0.05) is 6.08 Å². The van der Waals surface area contributed by atoms with Crippen LogP contribution in [0.2, 0.25) is 0 Å². The molecule has 4 nitrogen and oxygen atoms in total. The first-order chi connectivity index (χ1) is 4.66. The second kappa shape index (κ2) is 2.22. The van der Waals surface area contributed by atoms with E-state index in [0.717, 1.165) is 0 Å². The van der Waals surface area contributed by atoms with Crippen molar-refractivity contribution >= 4 is 0 Å². The summed E-state index contributed by atoms with van der Waals surface area (Å²) in [5.74, 6) is 0. The van der Waals surface area contributed by atoms with Crippen LogP contribution in [0.3, 0.4) is 0 Å². The molecule has 10 heavy (non-hydrogen) atoms. The number of nitroso groups, excluding NO2 is 1. The maximum atomic E-state index is 10.1. The third-order valence-corrected chi connectivity index (χ3v) is 1.40. The monoisotopic (exact) mass is 139 g/mol. The lowest BCUT2D eigenvalue weighted by Crippen LogP contribution is -2.35. The topological polar surface area (TPSA) is 81.5 Å². The van der Waals surface area contributed by atoms with Crippen molar-refractivity contribution in [3.05, 3.63) is 28.8 Å². The molecule has 0 aromatic rings. The quantitative estimate of drug-likeness (QED) is 0.509. The van der Waals surface area contributed by atoms with E-state index in [1.807, 2.05) is 0 Å². The Hall–Kier alpha value is -1.16. The summed E-state index contributed by atoms with van der Waals surface area (Å²) in [5, 5.41) is 2.75. The molecule has 1 aliphatic rings. The van der Waals surface area contributed by atoms with Crippen molar-refractivity contribution in [1.29, 1.82) is 0 Å². The first-order valence-corrected chi connectivity index (χ1v) is 2.94. The summed E-state index contributed by atoms with van der Waals surface area (Å²) in [6.45, 7) is 0. The smallest absolute Gasteiger partial charge is 0.173 e. The van der Waals surface area contributed by atoms with Crippen LogP contribution in [0, 0.1) is 4.91 Å². The molecule has 1 unspecified atom stereocenters. The minimum absolute atomic E-state index is 0.388. The average molecular weight is 139 g/mol. The van der Waals surface area contributed by atoms with Crippen molar-refractivity contribution in [3.63, 3.8) is 0 Å². The van der Waals surface area contributed by atoms with E-state index in [4.69, 9.17) is 11.5 Å². The molecule has 0 amide bonds. The number of hydrogen-bond donors (Lipinski definition) is 2. The normalized spacial score (nSPS) is 31.5. The van der Waals surface area contributed by atoms with Crippen LogP contribution in [0.4, 0.5) is 0 Å². The highest BCUT2D eigenvalue weighted by molar-refractivity contribution is 5.25. The van der Waals surface area contributed by atoms with Crippen LogP contribution >= 0.6 is 0 Å². The number of nitrogens with two attached hydrogens (primary N) is 2. The first kappa shape index (κ1) is 6.95. The molecule has 0 spiro atoms. The Morgan fingerprint density at radius 2 is 2.40 bits per heavy atom. The number of rotatable bonds is 1. The van der Waals surface area contributed by atoms with Crippen LogP contribution in [-0.2, 0) is 0 Å². The van der Waals surface area contributed by atoms with E-state index in [1.165, 1.54) is 6.08 Å². The maximum absolute atomic E-state index is 10.1. The summed E-state index contributed by atoms with van der Waals surface area (Å²) < 4.78 is 0. The number of hydrogen-bond acceptors (Lipinski definition) is 4.